The maximum atomic E-state index is 8.25. The third-order valence-electron chi connectivity index (χ3n) is 2.06. The predicted molar refractivity (Wildman–Crippen MR) is 69.0 cm³/mol. The summed E-state index contributed by atoms with van der Waals surface area (Å²) < 4.78 is 0. The van der Waals surface area contributed by atoms with Crippen LogP contribution in [-0.2, 0) is 6.42 Å². The summed E-state index contributed by atoms with van der Waals surface area (Å²) in [6, 6.07) is 10.5. The van der Waals surface area contributed by atoms with Crippen LogP contribution in [0.1, 0.15) is 18.4 Å². The number of guanidine groups is 1. The van der Waals surface area contributed by atoms with Crippen LogP contribution in [0.25, 0.3) is 0 Å². The second-order valence-corrected chi connectivity index (χ2v) is 3.55. The molecule has 0 saturated heterocycles. The number of hydrogen-bond acceptors (Lipinski definition) is 3. The van der Waals surface area contributed by atoms with Gasteiger partial charge in [0.05, 0.1) is 11.6 Å². The number of aryl methyl sites for hydroxylation is 1. The summed E-state index contributed by atoms with van der Waals surface area (Å²) in [7, 11) is 0. The lowest BCUT2D eigenvalue weighted by Gasteiger charge is -1.98. The Hall–Kier alpha value is -2.31. The molecule has 0 unspecified atom stereocenters. The van der Waals surface area contributed by atoms with Gasteiger partial charge in [-0.05, 0) is 24.8 Å². The van der Waals surface area contributed by atoms with Crippen molar-refractivity contribution in [3.63, 3.8) is 0 Å². The highest BCUT2D eigenvalue weighted by Crippen LogP contribution is 2.02. The average molecular weight is 254 g/mol. The summed E-state index contributed by atoms with van der Waals surface area (Å²) in [5, 5.41) is 14.8. The minimum atomic E-state index is -1.75. The summed E-state index contributed by atoms with van der Waals surface area (Å²) in [6.45, 7) is 0.856. The Morgan fingerprint density at radius 2 is 1.72 bits per heavy atom. The number of unbranched alkanes of at least 4 members (excludes halogenated alkanes) is 1. The molecule has 7 nitrogen and oxygen atoms in total. The Morgan fingerprint density at radius 1 is 1.17 bits per heavy atom. The molecule has 7 heteroatoms. The van der Waals surface area contributed by atoms with E-state index in [1.54, 1.807) is 0 Å². The molecule has 0 heterocycles. The van der Waals surface area contributed by atoms with E-state index in [2.05, 4.69) is 29.3 Å². The molecule has 0 aliphatic rings. The fraction of sp³-hybridized carbons (Fsp3) is 0.364. The van der Waals surface area contributed by atoms with Crippen LogP contribution in [0.4, 0.5) is 0 Å². The highest BCUT2D eigenvalue weighted by atomic mass is 16.9. The minimum absolute atomic E-state index is 0.310. The van der Waals surface area contributed by atoms with Gasteiger partial charge in [-0.3, -0.25) is 16.5 Å². The molecule has 0 aliphatic heterocycles. The van der Waals surface area contributed by atoms with Crippen molar-refractivity contribution in [1.29, 1.82) is 0 Å². The molecule has 0 fully saturated rings. The Bertz CT molecular complexity index is 360. The second kappa shape index (κ2) is 9.88. The molecular formula is C11H18N4O3. The Balaban J connectivity index is 0.000000631. The number of hydrogen-bond donors (Lipinski definition) is 3. The van der Waals surface area contributed by atoms with E-state index < -0.39 is 5.09 Å². The van der Waals surface area contributed by atoms with Gasteiger partial charge in [-0.25, -0.2) is 0 Å². The second-order valence-electron chi connectivity index (χ2n) is 3.55. The van der Waals surface area contributed by atoms with Crippen LogP contribution >= 0.6 is 0 Å². The fourth-order valence-corrected chi connectivity index (χ4v) is 1.33. The van der Waals surface area contributed by atoms with Crippen LogP contribution in [0.15, 0.2) is 30.3 Å². The Labute approximate surface area is 105 Å². The maximum Gasteiger partial charge on any atom is 0.338 e. The lowest BCUT2D eigenvalue weighted by Crippen LogP contribution is -2.78. The molecule has 0 atom stereocenters. The van der Waals surface area contributed by atoms with Crippen molar-refractivity contribution in [2.45, 2.75) is 19.3 Å². The highest BCUT2D eigenvalue weighted by molar-refractivity contribution is 5.69. The number of nitrogens with two attached hydrogens (primary N) is 2. The SMILES string of the molecule is NC(N)=[NH+]CCCCc1ccccc1.O=[N+]([O-])[O-]. The normalized spacial score (nSPS) is 8.89. The molecule has 0 spiro atoms. The van der Waals surface area contributed by atoms with Gasteiger partial charge in [0.25, 0.3) is 0 Å². The van der Waals surface area contributed by atoms with Crippen molar-refractivity contribution in [3.05, 3.63) is 51.2 Å². The molecular weight excluding hydrogens is 236 g/mol. The van der Waals surface area contributed by atoms with Gasteiger partial charge in [0.2, 0.25) is 0 Å². The topological polar surface area (TPSA) is 132 Å². The van der Waals surface area contributed by atoms with Crippen molar-refractivity contribution < 1.29 is 10.1 Å². The Morgan fingerprint density at radius 3 is 2.22 bits per heavy atom. The van der Waals surface area contributed by atoms with Crippen molar-refractivity contribution in [1.82, 2.24) is 0 Å². The molecule has 1 aromatic carbocycles. The van der Waals surface area contributed by atoms with E-state index >= 15 is 0 Å². The van der Waals surface area contributed by atoms with E-state index in [0.29, 0.717) is 5.96 Å². The largest absolute Gasteiger partial charge is 0.356 e. The van der Waals surface area contributed by atoms with Gasteiger partial charge < -0.3 is 15.3 Å². The summed E-state index contributed by atoms with van der Waals surface area (Å²) in [6.07, 6.45) is 3.37. The van der Waals surface area contributed by atoms with Crippen molar-refractivity contribution in [2.75, 3.05) is 6.54 Å². The molecule has 5 N–H and O–H groups in total. The number of nitrogens with one attached hydrogen (secondary N) is 1. The van der Waals surface area contributed by atoms with Crippen molar-refractivity contribution in [2.24, 2.45) is 11.5 Å². The molecule has 100 valence electrons. The van der Waals surface area contributed by atoms with Gasteiger partial charge in [-0.15, -0.1) is 0 Å². The predicted octanol–water partition coefficient (Wildman–Crippen LogP) is -0.876. The van der Waals surface area contributed by atoms with Gasteiger partial charge >= 0.3 is 5.96 Å². The molecule has 0 saturated carbocycles. The van der Waals surface area contributed by atoms with Gasteiger partial charge in [-0.2, -0.15) is 0 Å². The van der Waals surface area contributed by atoms with Crippen LogP contribution in [0.5, 0.6) is 0 Å². The number of benzene rings is 1. The zero-order valence-corrected chi connectivity index (χ0v) is 10.0. The summed E-state index contributed by atoms with van der Waals surface area (Å²) >= 11 is 0. The standard InChI is InChI=1S/C11H17N3.NO3/c12-11(13)14-9-5-4-8-10-6-2-1-3-7-10;2-1(3)4/h1-3,6-7H,4-5,8-9H2,(H4,12,13,14);/q;-1/p+1. The lowest BCUT2D eigenvalue weighted by atomic mass is 10.1. The van der Waals surface area contributed by atoms with E-state index in [0.717, 1.165) is 25.8 Å². The van der Waals surface area contributed by atoms with Crippen LogP contribution < -0.4 is 16.5 Å². The van der Waals surface area contributed by atoms with Gasteiger partial charge in [0, 0.05) is 0 Å². The molecule has 0 aromatic heterocycles. The van der Waals surface area contributed by atoms with Crippen LogP contribution in [0, 0.1) is 15.3 Å². The summed E-state index contributed by atoms with van der Waals surface area (Å²) in [5.41, 5.74) is 11.9. The monoisotopic (exact) mass is 254 g/mol. The van der Waals surface area contributed by atoms with E-state index in [9.17, 15) is 0 Å². The zero-order valence-electron chi connectivity index (χ0n) is 10.0. The van der Waals surface area contributed by atoms with Crippen LogP contribution in [-0.4, -0.2) is 17.6 Å². The van der Waals surface area contributed by atoms with Crippen molar-refractivity contribution in [3.8, 4) is 0 Å². The number of nitrogens with zero attached hydrogens (tertiary/aromatic N) is 1. The van der Waals surface area contributed by atoms with Crippen LogP contribution in [0.2, 0.25) is 0 Å². The van der Waals surface area contributed by atoms with E-state index in [-0.39, 0.29) is 0 Å². The minimum Gasteiger partial charge on any atom is -0.356 e. The molecule has 0 aliphatic carbocycles. The molecule has 0 radical (unpaired) electrons. The van der Waals surface area contributed by atoms with E-state index in [1.165, 1.54) is 5.56 Å². The molecule has 0 bridgehead atoms. The Kier molecular flexibility index (Phi) is 8.62. The number of rotatable bonds is 5. The quantitative estimate of drug-likeness (QED) is 0.206. The van der Waals surface area contributed by atoms with Crippen molar-refractivity contribution >= 4 is 5.96 Å². The van der Waals surface area contributed by atoms with Gasteiger partial charge in [-0.1, -0.05) is 30.3 Å². The first-order chi connectivity index (χ1) is 8.52. The molecule has 1 aromatic rings. The third-order valence-corrected chi connectivity index (χ3v) is 2.06. The van der Waals surface area contributed by atoms with Gasteiger partial charge in [0.15, 0.2) is 0 Å². The smallest absolute Gasteiger partial charge is 0.338 e. The lowest BCUT2D eigenvalue weighted by molar-refractivity contribution is -0.459. The first-order valence-corrected chi connectivity index (χ1v) is 5.49. The summed E-state index contributed by atoms with van der Waals surface area (Å²) in [4.78, 5) is 11.2. The third kappa shape index (κ3) is 11.8. The fourth-order valence-electron chi connectivity index (χ4n) is 1.33. The van der Waals surface area contributed by atoms with Gasteiger partial charge in [0.1, 0.15) is 0 Å². The zero-order chi connectivity index (χ0) is 13.8. The molecule has 0 amide bonds. The van der Waals surface area contributed by atoms with E-state index in [1.807, 2.05) is 6.07 Å². The first kappa shape index (κ1) is 15.7. The average Bonchev–Trinajstić information content (AvgIpc) is 2.29. The molecule has 18 heavy (non-hydrogen) atoms. The molecule has 1 rings (SSSR count). The summed E-state index contributed by atoms with van der Waals surface area (Å²) in [5.74, 6) is 0.310. The first-order valence-electron chi connectivity index (χ1n) is 5.49. The highest BCUT2D eigenvalue weighted by Gasteiger charge is 1.92. The van der Waals surface area contributed by atoms with E-state index in [4.69, 9.17) is 26.8 Å². The maximum absolute atomic E-state index is 8.25. The van der Waals surface area contributed by atoms with Crippen LogP contribution in [0.3, 0.4) is 0 Å².